The zero-order chi connectivity index (χ0) is 22.0. The Labute approximate surface area is 180 Å². The smallest absolute Gasteiger partial charge is 0.335 e. The number of ether oxygens (including phenoxy) is 1. The standard InChI is InChI=1S/C23H22N2O5S/c24-31(28,29)21-14-18(23(26)27)13-20(22(21)30-19-9-5-2-6-10-19)25-12-11-17(15-25)16-7-3-1-4-8-16/h1-10,13-14,17H,11-12,15H2,(H,26,27)(H2,24,28,29). The maximum Gasteiger partial charge on any atom is 0.335 e. The molecule has 1 saturated heterocycles. The highest BCUT2D eigenvalue weighted by molar-refractivity contribution is 7.89. The van der Waals surface area contributed by atoms with Crippen LogP contribution in [0.2, 0.25) is 0 Å². The number of sulfonamides is 1. The molecule has 3 N–H and O–H groups in total. The third-order valence-electron chi connectivity index (χ3n) is 5.35. The van der Waals surface area contributed by atoms with E-state index >= 15 is 0 Å². The van der Waals surface area contributed by atoms with Gasteiger partial charge in [0.1, 0.15) is 10.6 Å². The van der Waals surface area contributed by atoms with E-state index in [-0.39, 0.29) is 22.1 Å². The maximum atomic E-state index is 12.4. The van der Waals surface area contributed by atoms with Crippen molar-refractivity contribution in [2.45, 2.75) is 17.2 Å². The molecular weight excluding hydrogens is 416 g/mol. The number of carbonyl (C=O) groups is 1. The van der Waals surface area contributed by atoms with Crippen molar-refractivity contribution >= 4 is 21.7 Å². The first kappa shape index (κ1) is 20.9. The predicted molar refractivity (Wildman–Crippen MR) is 117 cm³/mol. The Morgan fingerprint density at radius 2 is 1.68 bits per heavy atom. The second kappa shape index (κ2) is 8.41. The molecule has 1 fully saturated rings. The van der Waals surface area contributed by atoms with E-state index < -0.39 is 16.0 Å². The van der Waals surface area contributed by atoms with E-state index in [1.54, 1.807) is 24.3 Å². The molecule has 8 heteroatoms. The number of nitrogens with two attached hydrogens (primary N) is 1. The molecule has 0 radical (unpaired) electrons. The van der Waals surface area contributed by atoms with Gasteiger partial charge in [0.05, 0.1) is 11.3 Å². The third kappa shape index (κ3) is 4.55. The zero-order valence-corrected chi connectivity index (χ0v) is 17.5. The number of anilines is 1. The Morgan fingerprint density at radius 1 is 1.03 bits per heavy atom. The van der Waals surface area contributed by atoms with Gasteiger partial charge in [-0.1, -0.05) is 48.5 Å². The van der Waals surface area contributed by atoms with Crippen LogP contribution >= 0.6 is 0 Å². The molecule has 7 nitrogen and oxygen atoms in total. The summed E-state index contributed by atoms with van der Waals surface area (Å²) >= 11 is 0. The second-order valence-corrected chi connectivity index (χ2v) is 8.96. The molecule has 0 saturated carbocycles. The fourth-order valence-corrected chi connectivity index (χ4v) is 4.54. The number of primary sulfonamides is 1. The van der Waals surface area contributed by atoms with Crippen molar-refractivity contribution in [2.24, 2.45) is 5.14 Å². The van der Waals surface area contributed by atoms with Gasteiger partial charge in [-0.2, -0.15) is 0 Å². The Hall–Kier alpha value is -3.36. The number of carboxylic acid groups (broad SMARTS) is 1. The van der Waals surface area contributed by atoms with Crippen LogP contribution in [0.15, 0.2) is 77.7 Å². The minimum Gasteiger partial charge on any atom is -0.478 e. The number of aromatic carboxylic acids is 1. The van der Waals surface area contributed by atoms with Gasteiger partial charge in [-0.05, 0) is 36.2 Å². The van der Waals surface area contributed by atoms with Gasteiger partial charge < -0.3 is 14.7 Å². The molecule has 1 atom stereocenters. The van der Waals surface area contributed by atoms with E-state index in [9.17, 15) is 18.3 Å². The van der Waals surface area contributed by atoms with Crippen molar-refractivity contribution in [1.29, 1.82) is 0 Å². The van der Waals surface area contributed by atoms with E-state index in [0.29, 0.717) is 24.5 Å². The normalized spacial score (nSPS) is 16.3. The summed E-state index contributed by atoms with van der Waals surface area (Å²) in [6, 6.07) is 21.2. The number of hydrogen-bond donors (Lipinski definition) is 2. The van der Waals surface area contributed by atoms with Crippen LogP contribution in [0.4, 0.5) is 5.69 Å². The molecule has 1 aliphatic rings. The van der Waals surface area contributed by atoms with Crippen LogP contribution in [0, 0.1) is 0 Å². The van der Waals surface area contributed by atoms with Crippen molar-refractivity contribution in [1.82, 2.24) is 0 Å². The highest BCUT2D eigenvalue weighted by atomic mass is 32.2. The molecule has 31 heavy (non-hydrogen) atoms. The van der Waals surface area contributed by atoms with Crippen LogP contribution in [-0.4, -0.2) is 32.6 Å². The lowest BCUT2D eigenvalue weighted by molar-refractivity contribution is 0.0696. The van der Waals surface area contributed by atoms with Crippen LogP contribution in [0.3, 0.4) is 0 Å². The van der Waals surface area contributed by atoms with Gasteiger partial charge in [-0.3, -0.25) is 0 Å². The summed E-state index contributed by atoms with van der Waals surface area (Å²) in [6.07, 6.45) is 0.844. The Kier molecular flexibility index (Phi) is 5.67. The third-order valence-corrected chi connectivity index (χ3v) is 6.27. The molecule has 1 heterocycles. The molecule has 0 aromatic heterocycles. The van der Waals surface area contributed by atoms with E-state index in [0.717, 1.165) is 12.5 Å². The summed E-state index contributed by atoms with van der Waals surface area (Å²) < 4.78 is 30.7. The Morgan fingerprint density at radius 3 is 2.29 bits per heavy atom. The average Bonchev–Trinajstić information content (AvgIpc) is 3.24. The van der Waals surface area contributed by atoms with Crippen molar-refractivity contribution in [3.63, 3.8) is 0 Å². The van der Waals surface area contributed by atoms with E-state index in [4.69, 9.17) is 9.88 Å². The van der Waals surface area contributed by atoms with Gasteiger partial charge in [0.2, 0.25) is 10.0 Å². The number of para-hydroxylation sites is 1. The number of rotatable bonds is 6. The van der Waals surface area contributed by atoms with E-state index in [2.05, 4.69) is 12.1 Å². The highest BCUT2D eigenvalue weighted by Gasteiger charge is 2.30. The molecule has 0 aliphatic carbocycles. The summed E-state index contributed by atoms with van der Waals surface area (Å²) in [5.41, 5.74) is 1.41. The first-order valence-electron chi connectivity index (χ1n) is 9.80. The monoisotopic (exact) mass is 438 g/mol. The molecule has 160 valence electrons. The van der Waals surface area contributed by atoms with Crippen molar-refractivity contribution < 1.29 is 23.1 Å². The number of carboxylic acids is 1. The molecule has 0 spiro atoms. The molecule has 0 bridgehead atoms. The molecule has 1 unspecified atom stereocenters. The van der Waals surface area contributed by atoms with Crippen LogP contribution in [0.25, 0.3) is 0 Å². The summed E-state index contributed by atoms with van der Waals surface area (Å²) in [5, 5.41) is 15.0. The number of benzene rings is 3. The summed E-state index contributed by atoms with van der Waals surface area (Å²) in [6.45, 7) is 1.22. The number of hydrogen-bond acceptors (Lipinski definition) is 5. The largest absolute Gasteiger partial charge is 0.478 e. The molecule has 3 aromatic rings. The zero-order valence-electron chi connectivity index (χ0n) is 16.6. The molecule has 3 aromatic carbocycles. The predicted octanol–water partition coefficient (Wildman–Crippen LogP) is 3.82. The first-order valence-corrected chi connectivity index (χ1v) is 11.3. The minimum atomic E-state index is -4.24. The van der Waals surface area contributed by atoms with Gasteiger partial charge in [0, 0.05) is 19.0 Å². The van der Waals surface area contributed by atoms with E-state index in [1.165, 1.54) is 11.6 Å². The van der Waals surface area contributed by atoms with Gasteiger partial charge in [0.15, 0.2) is 5.75 Å². The van der Waals surface area contributed by atoms with Gasteiger partial charge in [-0.15, -0.1) is 0 Å². The summed E-state index contributed by atoms with van der Waals surface area (Å²) in [4.78, 5) is 13.3. The Bertz CT molecular complexity index is 1200. The van der Waals surface area contributed by atoms with Gasteiger partial charge >= 0.3 is 5.97 Å². The molecule has 0 amide bonds. The SMILES string of the molecule is NS(=O)(=O)c1cc(C(=O)O)cc(N2CCC(c3ccccc3)C2)c1Oc1ccccc1. The highest BCUT2D eigenvalue weighted by Crippen LogP contribution is 2.42. The number of nitrogens with zero attached hydrogens (tertiary/aromatic N) is 1. The molecule has 1 aliphatic heterocycles. The maximum absolute atomic E-state index is 12.4. The summed E-state index contributed by atoms with van der Waals surface area (Å²) in [5.74, 6) is -0.545. The van der Waals surface area contributed by atoms with Crippen molar-refractivity contribution in [3.8, 4) is 11.5 Å². The fourth-order valence-electron chi connectivity index (χ4n) is 3.84. The lowest BCUT2D eigenvalue weighted by atomic mass is 9.99. The summed E-state index contributed by atoms with van der Waals surface area (Å²) in [7, 11) is -4.24. The quantitative estimate of drug-likeness (QED) is 0.605. The van der Waals surface area contributed by atoms with Crippen molar-refractivity contribution in [2.75, 3.05) is 18.0 Å². The van der Waals surface area contributed by atoms with Crippen LogP contribution in [0.5, 0.6) is 11.5 Å². The molecular formula is C23H22N2O5S. The lowest BCUT2D eigenvalue weighted by Gasteiger charge is -2.24. The van der Waals surface area contributed by atoms with Gasteiger partial charge in [0.25, 0.3) is 0 Å². The van der Waals surface area contributed by atoms with Crippen LogP contribution in [0.1, 0.15) is 28.3 Å². The fraction of sp³-hybridized carbons (Fsp3) is 0.174. The van der Waals surface area contributed by atoms with Crippen molar-refractivity contribution in [3.05, 3.63) is 83.9 Å². The topological polar surface area (TPSA) is 110 Å². The van der Waals surface area contributed by atoms with E-state index in [1.807, 2.05) is 29.2 Å². The lowest BCUT2D eigenvalue weighted by Crippen LogP contribution is -2.22. The second-order valence-electron chi connectivity index (χ2n) is 7.43. The van der Waals surface area contributed by atoms with Gasteiger partial charge in [-0.25, -0.2) is 18.4 Å². The molecule has 4 rings (SSSR count). The Balaban J connectivity index is 1.81. The van der Waals surface area contributed by atoms with Crippen LogP contribution in [-0.2, 0) is 10.0 Å². The van der Waals surface area contributed by atoms with Crippen LogP contribution < -0.4 is 14.8 Å². The average molecular weight is 439 g/mol. The first-order chi connectivity index (χ1) is 14.8. The minimum absolute atomic E-state index is 0.0346.